The molecule has 0 spiro atoms. The lowest BCUT2D eigenvalue weighted by Crippen LogP contribution is -2.34. The van der Waals surface area contributed by atoms with Gasteiger partial charge in [0.2, 0.25) is 5.91 Å². The van der Waals surface area contributed by atoms with Gasteiger partial charge in [0.05, 0.1) is 0 Å². The Balaban J connectivity index is 1.76. The first kappa shape index (κ1) is 18.1. The minimum Gasteiger partial charge on any atom is -0.353 e. The molecule has 0 saturated heterocycles. The van der Waals surface area contributed by atoms with Crippen molar-refractivity contribution >= 4 is 5.91 Å². The summed E-state index contributed by atoms with van der Waals surface area (Å²) < 4.78 is 0. The van der Waals surface area contributed by atoms with Gasteiger partial charge in [-0.05, 0) is 61.8 Å². The average Bonchev–Trinajstić information content (AvgIpc) is 2.63. The number of carbonyl (C=O) groups is 1. The fourth-order valence-electron chi connectivity index (χ4n) is 2.82. The fraction of sp³-hybridized carbons (Fsp3) is 0.450. The molecule has 128 valence electrons. The smallest absolute Gasteiger partial charge is 0.219 e. The van der Waals surface area contributed by atoms with Gasteiger partial charge in [-0.1, -0.05) is 19.1 Å². The molecule has 0 atom stereocenters. The lowest BCUT2D eigenvalue weighted by Gasteiger charge is -2.18. The predicted molar refractivity (Wildman–Crippen MR) is 96.6 cm³/mol. The maximum atomic E-state index is 11.8. The molecule has 0 saturated carbocycles. The summed E-state index contributed by atoms with van der Waals surface area (Å²) >= 11 is 0. The number of nitrogens with one attached hydrogen (secondary N) is 1. The van der Waals surface area contributed by atoms with Gasteiger partial charge in [0.1, 0.15) is 0 Å². The second-order valence-corrected chi connectivity index (χ2v) is 6.12. The number of hydrogen-bond donors (Lipinski definition) is 1. The lowest BCUT2D eigenvalue weighted by atomic mass is 10.00. The molecule has 2 aromatic rings. The first-order valence-electron chi connectivity index (χ1n) is 8.85. The lowest BCUT2D eigenvalue weighted by molar-refractivity contribution is -0.121. The standard InChI is InChI=1S/C20H27N3O/c1-2-20(24)23-19(11-3-7-17-9-5-13-21-15-17)12-4-8-18-10-6-14-22-16-18/h5-6,9-10,13-16,19H,2-4,7-8,11-12H2,1H3,(H,23,24). The van der Waals surface area contributed by atoms with Gasteiger partial charge >= 0.3 is 0 Å². The van der Waals surface area contributed by atoms with Crippen molar-refractivity contribution < 1.29 is 4.79 Å². The Morgan fingerprint density at radius 1 is 1.00 bits per heavy atom. The van der Waals surface area contributed by atoms with Crippen LogP contribution in [0.25, 0.3) is 0 Å². The molecule has 1 N–H and O–H groups in total. The molecule has 1 amide bonds. The quantitative estimate of drug-likeness (QED) is 0.724. The van der Waals surface area contributed by atoms with Crippen LogP contribution in [-0.4, -0.2) is 21.9 Å². The summed E-state index contributed by atoms with van der Waals surface area (Å²) in [5.74, 6) is 0.141. The molecule has 2 rings (SSSR count). The molecule has 24 heavy (non-hydrogen) atoms. The van der Waals surface area contributed by atoms with E-state index in [2.05, 4.69) is 27.4 Å². The van der Waals surface area contributed by atoms with E-state index in [9.17, 15) is 4.79 Å². The monoisotopic (exact) mass is 325 g/mol. The van der Waals surface area contributed by atoms with Crippen LogP contribution in [0.4, 0.5) is 0 Å². The van der Waals surface area contributed by atoms with Crippen LogP contribution in [-0.2, 0) is 17.6 Å². The van der Waals surface area contributed by atoms with Crippen molar-refractivity contribution in [3.63, 3.8) is 0 Å². The van der Waals surface area contributed by atoms with Crippen LogP contribution in [0.5, 0.6) is 0 Å². The Kier molecular flexibility index (Phi) is 7.94. The van der Waals surface area contributed by atoms with Gasteiger partial charge in [0, 0.05) is 37.3 Å². The molecular weight excluding hydrogens is 298 g/mol. The summed E-state index contributed by atoms with van der Waals surface area (Å²) in [4.78, 5) is 20.1. The van der Waals surface area contributed by atoms with Crippen LogP contribution in [0.2, 0.25) is 0 Å². The van der Waals surface area contributed by atoms with Crippen molar-refractivity contribution in [2.75, 3.05) is 0 Å². The number of aromatic nitrogens is 2. The Bertz CT molecular complexity index is 541. The minimum atomic E-state index is 0.141. The van der Waals surface area contributed by atoms with E-state index in [1.807, 2.05) is 31.5 Å². The summed E-state index contributed by atoms with van der Waals surface area (Å²) in [6, 6.07) is 8.41. The minimum absolute atomic E-state index is 0.141. The van der Waals surface area contributed by atoms with Crippen LogP contribution >= 0.6 is 0 Å². The van der Waals surface area contributed by atoms with E-state index in [1.54, 1.807) is 12.4 Å². The second kappa shape index (κ2) is 10.5. The number of carbonyl (C=O) groups excluding carboxylic acids is 1. The normalized spacial score (nSPS) is 10.8. The van der Waals surface area contributed by atoms with E-state index in [4.69, 9.17) is 0 Å². The first-order valence-corrected chi connectivity index (χ1v) is 8.85. The van der Waals surface area contributed by atoms with Gasteiger partial charge in [-0.3, -0.25) is 14.8 Å². The molecule has 0 aliphatic rings. The molecule has 0 fully saturated rings. The highest BCUT2D eigenvalue weighted by Gasteiger charge is 2.11. The van der Waals surface area contributed by atoms with E-state index in [0.29, 0.717) is 6.42 Å². The highest BCUT2D eigenvalue weighted by atomic mass is 16.1. The van der Waals surface area contributed by atoms with E-state index < -0.39 is 0 Å². The predicted octanol–water partition coefficient (Wildman–Crippen LogP) is 3.72. The highest BCUT2D eigenvalue weighted by molar-refractivity contribution is 5.75. The Morgan fingerprint density at radius 2 is 1.54 bits per heavy atom. The summed E-state index contributed by atoms with van der Waals surface area (Å²) in [5, 5.41) is 3.17. The Hall–Kier alpha value is -2.23. The number of hydrogen-bond acceptors (Lipinski definition) is 3. The van der Waals surface area contributed by atoms with Gasteiger partial charge in [-0.15, -0.1) is 0 Å². The molecule has 0 bridgehead atoms. The van der Waals surface area contributed by atoms with Crippen molar-refractivity contribution in [3.05, 3.63) is 60.2 Å². The van der Waals surface area contributed by atoms with E-state index >= 15 is 0 Å². The summed E-state index contributed by atoms with van der Waals surface area (Å²) in [7, 11) is 0. The van der Waals surface area contributed by atoms with Crippen molar-refractivity contribution in [2.24, 2.45) is 0 Å². The summed E-state index contributed by atoms with van der Waals surface area (Å²) in [5.41, 5.74) is 2.52. The van der Waals surface area contributed by atoms with Crippen molar-refractivity contribution in [3.8, 4) is 0 Å². The zero-order chi connectivity index (χ0) is 17.0. The van der Waals surface area contributed by atoms with Crippen LogP contribution in [0.3, 0.4) is 0 Å². The van der Waals surface area contributed by atoms with Crippen LogP contribution in [0.1, 0.15) is 50.2 Å². The maximum absolute atomic E-state index is 11.8. The molecular formula is C20H27N3O. The van der Waals surface area contributed by atoms with Gasteiger partial charge in [0.25, 0.3) is 0 Å². The van der Waals surface area contributed by atoms with E-state index in [1.165, 1.54) is 11.1 Å². The van der Waals surface area contributed by atoms with Gasteiger partial charge < -0.3 is 5.32 Å². The van der Waals surface area contributed by atoms with E-state index in [-0.39, 0.29) is 11.9 Å². The number of rotatable bonds is 10. The topological polar surface area (TPSA) is 54.9 Å². The highest BCUT2D eigenvalue weighted by Crippen LogP contribution is 2.12. The van der Waals surface area contributed by atoms with Crippen LogP contribution in [0.15, 0.2) is 49.1 Å². The number of pyridine rings is 2. The van der Waals surface area contributed by atoms with Crippen molar-refractivity contribution in [1.29, 1.82) is 0 Å². The van der Waals surface area contributed by atoms with Crippen molar-refractivity contribution in [1.82, 2.24) is 15.3 Å². The molecule has 0 aliphatic carbocycles. The van der Waals surface area contributed by atoms with Gasteiger partial charge in [0.15, 0.2) is 0 Å². The summed E-state index contributed by atoms with van der Waals surface area (Å²) in [6.07, 6.45) is 14.1. The molecule has 4 heteroatoms. The molecule has 0 aliphatic heterocycles. The number of amides is 1. The zero-order valence-electron chi connectivity index (χ0n) is 14.4. The molecule has 4 nitrogen and oxygen atoms in total. The second-order valence-electron chi connectivity index (χ2n) is 6.12. The average molecular weight is 325 g/mol. The van der Waals surface area contributed by atoms with Crippen LogP contribution in [0, 0.1) is 0 Å². The summed E-state index contributed by atoms with van der Waals surface area (Å²) in [6.45, 7) is 1.90. The van der Waals surface area contributed by atoms with Gasteiger partial charge in [-0.25, -0.2) is 0 Å². The molecule has 0 aromatic carbocycles. The number of nitrogens with zero attached hydrogens (tertiary/aromatic N) is 2. The third-order valence-corrected chi connectivity index (χ3v) is 4.17. The van der Waals surface area contributed by atoms with Crippen LogP contribution < -0.4 is 5.32 Å². The van der Waals surface area contributed by atoms with E-state index in [0.717, 1.165) is 38.5 Å². The van der Waals surface area contributed by atoms with Gasteiger partial charge in [-0.2, -0.15) is 0 Å². The molecule has 0 radical (unpaired) electrons. The number of aryl methyl sites for hydroxylation is 2. The maximum Gasteiger partial charge on any atom is 0.219 e. The first-order chi connectivity index (χ1) is 11.8. The molecule has 2 aromatic heterocycles. The molecule has 2 heterocycles. The molecule has 0 unspecified atom stereocenters. The van der Waals surface area contributed by atoms with Crippen molar-refractivity contribution in [2.45, 2.75) is 57.9 Å². The third-order valence-electron chi connectivity index (χ3n) is 4.17. The SMILES string of the molecule is CCC(=O)NC(CCCc1cccnc1)CCCc1cccnc1. The fourth-order valence-corrected chi connectivity index (χ4v) is 2.82. The Morgan fingerprint density at radius 3 is 1.96 bits per heavy atom. The Labute approximate surface area is 144 Å². The largest absolute Gasteiger partial charge is 0.353 e. The third kappa shape index (κ3) is 6.90. The zero-order valence-corrected chi connectivity index (χ0v) is 14.4.